The van der Waals surface area contributed by atoms with Crippen molar-refractivity contribution in [2.45, 2.75) is 38.2 Å². The van der Waals surface area contributed by atoms with Crippen molar-refractivity contribution in [3.05, 3.63) is 59.6 Å². The molecule has 0 saturated heterocycles. The van der Waals surface area contributed by atoms with Gasteiger partial charge in [-0.15, -0.1) is 0 Å². The lowest BCUT2D eigenvalue weighted by atomic mass is 9.85. The van der Waals surface area contributed by atoms with Crippen LogP contribution in [0.4, 0.5) is 4.39 Å². The fourth-order valence-electron chi connectivity index (χ4n) is 4.37. The Morgan fingerprint density at radius 2 is 1.85 bits per heavy atom. The zero-order valence-corrected chi connectivity index (χ0v) is 18.9. The van der Waals surface area contributed by atoms with Gasteiger partial charge in [0, 0.05) is 29.9 Å². The van der Waals surface area contributed by atoms with E-state index in [9.17, 15) is 9.18 Å². The summed E-state index contributed by atoms with van der Waals surface area (Å²) in [4.78, 5) is 27.2. The predicted molar refractivity (Wildman–Crippen MR) is 126 cm³/mol. The number of ether oxygens (including phenoxy) is 1. The highest BCUT2D eigenvalue weighted by atomic mass is 35.5. The summed E-state index contributed by atoms with van der Waals surface area (Å²) in [6.45, 7) is 0. The van der Waals surface area contributed by atoms with Gasteiger partial charge in [-0.2, -0.15) is 0 Å². The monoisotopic (exact) mass is 480 g/mol. The van der Waals surface area contributed by atoms with Gasteiger partial charge in [-0.05, 0) is 67.5 Å². The first-order chi connectivity index (χ1) is 16.4. The van der Waals surface area contributed by atoms with Gasteiger partial charge in [0.05, 0.1) is 16.1 Å². The lowest BCUT2D eigenvalue weighted by molar-refractivity contribution is -0.138. The molecule has 2 aromatic heterocycles. The van der Waals surface area contributed by atoms with Crippen molar-refractivity contribution in [3.63, 3.8) is 0 Å². The summed E-state index contributed by atoms with van der Waals surface area (Å²) in [5.41, 5.74) is 3.61. The molecule has 2 aromatic carbocycles. The molecule has 1 aliphatic carbocycles. The molecule has 0 aliphatic heterocycles. The second-order valence-corrected chi connectivity index (χ2v) is 8.96. The Hall–Kier alpha value is -3.52. The number of hydrogen-bond acceptors (Lipinski definition) is 5. The van der Waals surface area contributed by atoms with E-state index in [1.165, 1.54) is 12.1 Å². The van der Waals surface area contributed by atoms with Crippen LogP contribution in [0.25, 0.3) is 33.5 Å². The Labute approximate surface area is 200 Å². The molecule has 4 aromatic rings. The molecular formula is C25H22ClFN4O3. The first kappa shape index (κ1) is 22.3. The highest BCUT2D eigenvalue weighted by Gasteiger charge is 2.24. The zero-order chi connectivity index (χ0) is 23.7. The molecule has 0 unspecified atom stereocenters. The third-order valence-electron chi connectivity index (χ3n) is 6.16. The van der Waals surface area contributed by atoms with Crippen molar-refractivity contribution in [2.24, 2.45) is 5.92 Å². The predicted octanol–water partition coefficient (Wildman–Crippen LogP) is 5.89. The van der Waals surface area contributed by atoms with E-state index >= 15 is 0 Å². The van der Waals surface area contributed by atoms with E-state index in [0.29, 0.717) is 33.5 Å². The van der Waals surface area contributed by atoms with Gasteiger partial charge in [0.25, 0.3) is 0 Å². The van der Waals surface area contributed by atoms with E-state index in [0.717, 1.165) is 36.8 Å². The van der Waals surface area contributed by atoms with Crippen molar-refractivity contribution >= 4 is 28.6 Å². The number of fused-ring (bicyclic) bond motifs is 1. The summed E-state index contributed by atoms with van der Waals surface area (Å²) in [6, 6.07) is 10.3. The van der Waals surface area contributed by atoms with Crippen molar-refractivity contribution in [1.29, 1.82) is 0 Å². The number of rotatable bonds is 6. The van der Waals surface area contributed by atoms with Crippen LogP contribution in [0.15, 0.2) is 48.8 Å². The number of imidazole rings is 1. The number of hydrogen-bond donors (Lipinski definition) is 2. The first-order valence-electron chi connectivity index (χ1n) is 11.1. The Balaban J connectivity index is 1.26. The van der Waals surface area contributed by atoms with Crippen LogP contribution in [0.5, 0.6) is 6.01 Å². The van der Waals surface area contributed by atoms with Gasteiger partial charge in [-0.25, -0.2) is 19.3 Å². The summed E-state index contributed by atoms with van der Waals surface area (Å²) < 4.78 is 19.4. The molecule has 1 aliphatic rings. The highest BCUT2D eigenvalue weighted by molar-refractivity contribution is 6.33. The van der Waals surface area contributed by atoms with E-state index in [1.54, 1.807) is 18.5 Å². The molecule has 9 heteroatoms. The molecular weight excluding hydrogens is 459 g/mol. The number of aromatic amines is 1. The first-order valence-corrected chi connectivity index (χ1v) is 11.5. The normalized spacial score (nSPS) is 18.2. The molecule has 0 atom stereocenters. The fraction of sp³-hybridized carbons (Fsp3) is 0.280. The number of benzene rings is 2. The van der Waals surface area contributed by atoms with Gasteiger partial charge in [0.2, 0.25) is 0 Å². The summed E-state index contributed by atoms with van der Waals surface area (Å²) in [7, 11) is 0. The molecule has 7 nitrogen and oxygen atoms in total. The summed E-state index contributed by atoms with van der Waals surface area (Å²) in [5, 5.41) is 9.44. The molecule has 0 bridgehead atoms. The van der Waals surface area contributed by atoms with Crippen LogP contribution in [0.3, 0.4) is 0 Å². The number of H-pyrrole nitrogens is 1. The van der Waals surface area contributed by atoms with Crippen LogP contribution in [-0.2, 0) is 4.79 Å². The SMILES string of the molecule is O=C(O)CC1CCC(Oc2ncc(-c3ccc(-c4nc5ccc(F)cc5[nH]4)c(Cl)c3)cn2)CC1. The van der Waals surface area contributed by atoms with Crippen molar-refractivity contribution in [1.82, 2.24) is 19.9 Å². The summed E-state index contributed by atoms with van der Waals surface area (Å²) in [5.74, 6) is -0.295. The molecule has 174 valence electrons. The minimum absolute atomic E-state index is 0.00177. The molecule has 0 spiro atoms. The fourth-order valence-corrected chi connectivity index (χ4v) is 4.64. The standard InChI is InChI=1S/C25H22ClFN4O3/c26-20-10-15(3-7-19(20)24-30-21-8-4-17(27)11-22(21)31-24)16-12-28-25(29-13-16)34-18-5-1-14(2-6-18)9-23(32)33/h3-4,7-8,10-14,18H,1-2,5-6,9H2,(H,30,31)(H,32,33). The van der Waals surface area contributed by atoms with E-state index < -0.39 is 5.97 Å². The van der Waals surface area contributed by atoms with Crippen LogP contribution in [0, 0.1) is 11.7 Å². The minimum Gasteiger partial charge on any atom is -0.481 e. The van der Waals surface area contributed by atoms with Gasteiger partial charge in [-0.3, -0.25) is 4.79 Å². The quantitative estimate of drug-likeness (QED) is 0.356. The molecule has 2 heterocycles. The third-order valence-corrected chi connectivity index (χ3v) is 6.47. The highest BCUT2D eigenvalue weighted by Crippen LogP contribution is 2.32. The topological polar surface area (TPSA) is 101 Å². The van der Waals surface area contributed by atoms with Crippen LogP contribution >= 0.6 is 11.6 Å². The largest absolute Gasteiger partial charge is 0.481 e. The molecule has 1 saturated carbocycles. The van der Waals surface area contributed by atoms with Gasteiger partial charge in [-0.1, -0.05) is 17.7 Å². The van der Waals surface area contributed by atoms with E-state index in [-0.39, 0.29) is 24.3 Å². The van der Waals surface area contributed by atoms with Crippen LogP contribution in [0.2, 0.25) is 5.02 Å². The van der Waals surface area contributed by atoms with E-state index in [4.69, 9.17) is 21.4 Å². The lowest BCUT2D eigenvalue weighted by Gasteiger charge is -2.27. The Bertz CT molecular complexity index is 1330. The third kappa shape index (κ3) is 4.87. The maximum Gasteiger partial charge on any atom is 0.316 e. The smallest absolute Gasteiger partial charge is 0.316 e. The second kappa shape index (κ2) is 9.38. The number of nitrogens with zero attached hydrogens (tertiary/aromatic N) is 3. The number of carboxylic acid groups (broad SMARTS) is 1. The van der Waals surface area contributed by atoms with E-state index in [1.807, 2.05) is 18.2 Å². The van der Waals surface area contributed by atoms with E-state index in [2.05, 4.69) is 19.9 Å². The van der Waals surface area contributed by atoms with Gasteiger partial charge in [0.15, 0.2) is 0 Å². The Morgan fingerprint density at radius 3 is 2.56 bits per heavy atom. The minimum atomic E-state index is -0.746. The Kier molecular flexibility index (Phi) is 6.15. The van der Waals surface area contributed by atoms with Crippen molar-refractivity contribution in [2.75, 3.05) is 0 Å². The van der Waals surface area contributed by atoms with Gasteiger partial charge in [0.1, 0.15) is 17.7 Å². The summed E-state index contributed by atoms with van der Waals surface area (Å²) in [6.07, 6.45) is 6.86. The number of nitrogens with one attached hydrogen (secondary N) is 1. The number of aliphatic carboxylic acids is 1. The van der Waals surface area contributed by atoms with Crippen LogP contribution in [-0.4, -0.2) is 37.1 Å². The summed E-state index contributed by atoms with van der Waals surface area (Å²) >= 11 is 6.54. The molecule has 0 amide bonds. The van der Waals surface area contributed by atoms with Gasteiger partial charge >= 0.3 is 12.0 Å². The maximum atomic E-state index is 13.5. The van der Waals surface area contributed by atoms with Gasteiger partial charge < -0.3 is 14.8 Å². The number of carboxylic acids is 1. The average Bonchev–Trinajstić information content (AvgIpc) is 3.23. The number of carbonyl (C=O) groups is 1. The Morgan fingerprint density at radius 1 is 1.09 bits per heavy atom. The van der Waals surface area contributed by atoms with Crippen LogP contribution < -0.4 is 4.74 Å². The van der Waals surface area contributed by atoms with Crippen LogP contribution in [0.1, 0.15) is 32.1 Å². The van der Waals surface area contributed by atoms with Crippen molar-refractivity contribution < 1.29 is 19.0 Å². The average molecular weight is 481 g/mol. The molecule has 1 fully saturated rings. The zero-order valence-electron chi connectivity index (χ0n) is 18.2. The maximum absolute atomic E-state index is 13.5. The molecule has 34 heavy (non-hydrogen) atoms. The number of halogens is 2. The molecule has 0 radical (unpaired) electrons. The molecule has 5 rings (SSSR count). The lowest BCUT2D eigenvalue weighted by Crippen LogP contribution is -2.25. The second-order valence-electron chi connectivity index (χ2n) is 8.55. The van der Waals surface area contributed by atoms with Crippen molar-refractivity contribution in [3.8, 4) is 28.5 Å². The molecule has 2 N–H and O–H groups in total. The number of aromatic nitrogens is 4.